The highest BCUT2D eigenvalue weighted by Crippen LogP contribution is 2.17. The first-order chi connectivity index (χ1) is 9.04. The first-order valence-corrected chi connectivity index (χ1v) is 7.28. The third-order valence-electron chi connectivity index (χ3n) is 2.73. The molecular weight excluding hydrogens is 262 g/mol. The number of carboxylic acid groups (broad SMARTS) is 1. The molecule has 0 heterocycles. The van der Waals surface area contributed by atoms with Crippen molar-refractivity contribution < 1.29 is 14.7 Å². The topological polar surface area (TPSA) is 66.4 Å². The van der Waals surface area contributed by atoms with Crippen molar-refractivity contribution in [3.8, 4) is 0 Å². The Morgan fingerprint density at radius 2 is 1.95 bits per heavy atom. The van der Waals surface area contributed by atoms with Gasteiger partial charge in [0.1, 0.15) is 6.04 Å². The lowest BCUT2D eigenvalue weighted by molar-refractivity contribution is -0.141. The number of nitrogens with one attached hydrogen (secondary N) is 1. The fraction of sp³-hybridized carbons (Fsp3) is 0.429. The molecule has 0 saturated heterocycles. The molecule has 104 valence electrons. The number of hydrogen-bond donors (Lipinski definition) is 2. The number of amides is 1. The van der Waals surface area contributed by atoms with E-state index in [2.05, 4.69) is 5.32 Å². The van der Waals surface area contributed by atoms with Crippen LogP contribution in [0, 0.1) is 0 Å². The Hall–Kier alpha value is -1.49. The number of hydrogen-bond acceptors (Lipinski definition) is 3. The molecule has 0 bridgehead atoms. The third-order valence-corrected chi connectivity index (χ3v) is 3.95. The summed E-state index contributed by atoms with van der Waals surface area (Å²) in [5.41, 5.74) is 1.15. The van der Waals surface area contributed by atoms with E-state index >= 15 is 0 Å². The van der Waals surface area contributed by atoms with E-state index in [4.69, 9.17) is 5.11 Å². The summed E-state index contributed by atoms with van der Waals surface area (Å²) < 4.78 is 0. The molecule has 5 heteroatoms. The summed E-state index contributed by atoms with van der Waals surface area (Å²) in [5.74, 6) is -0.481. The van der Waals surface area contributed by atoms with Crippen LogP contribution in [0.2, 0.25) is 0 Å². The van der Waals surface area contributed by atoms with E-state index in [9.17, 15) is 9.59 Å². The number of benzene rings is 1. The highest BCUT2D eigenvalue weighted by molar-refractivity contribution is 7.99. The van der Waals surface area contributed by atoms with Gasteiger partial charge in [0.2, 0.25) is 5.91 Å². The minimum absolute atomic E-state index is 0.227. The predicted octanol–water partition coefficient (Wildman–Crippen LogP) is 2.29. The molecule has 4 nitrogen and oxygen atoms in total. The van der Waals surface area contributed by atoms with Crippen molar-refractivity contribution in [1.82, 2.24) is 5.32 Å². The second kappa shape index (κ2) is 7.84. The van der Waals surface area contributed by atoms with Gasteiger partial charge in [0, 0.05) is 5.75 Å². The number of carboxylic acids is 1. The van der Waals surface area contributed by atoms with Gasteiger partial charge >= 0.3 is 5.97 Å². The van der Waals surface area contributed by atoms with Gasteiger partial charge in [-0.05, 0) is 18.9 Å². The average molecular weight is 281 g/mol. The van der Waals surface area contributed by atoms with E-state index in [1.165, 1.54) is 11.8 Å². The quantitative estimate of drug-likeness (QED) is 0.804. The molecule has 19 heavy (non-hydrogen) atoms. The highest BCUT2D eigenvalue weighted by Gasteiger charge is 2.21. The maximum Gasteiger partial charge on any atom is 0.326 e. The summed E-state index contributed by atoms with van der Waals surface area (Å²) in [4.78, 5) is 22.7. The van der Waals surface area contributed by atoms with Crippen molar-refractivity contribution in [2.24, 2.45) is 0 Å². The molecule has 1 amide bonds. The molecule has 1 rings (SSSR count). The maximum atomic E-state index is 11.8. The lowest BCUT2D eigenvalue weighted by Gasteiger charge is -2.16. The van der Waals surface area contributed by atoms with Crippen molar-refractivity contribution in [1.29, 1.82) is 0 Å². The van der Waals surface area contributed by atoms with Gasteiger partial charge in [-0.15, -0.1) is 11.8 Å². The van der Waals surface area contributed by atoms with Gasteiger partial charge in [0.05, 0.1) is 5.25 Å². The first kappa shape index (κ1) is 15.6. The second-order valence-electron chi connectivity index (χ2n) is 4.25. The molecule has 0 spiro atoms. The number of carbonyl (C=O) groups excluding carboxylic acids is 1. The Balaban J connectivity index is 2.42. The fourth-order valence-electron chi connectivity index (χ4n) is 1.50. The molecule has 2 atom stereocenters. The van der Waals surface area contributed by atoms with Crippen LogP contribution >= 0.6 is 11.8 Å². The first-order valence-electron chi connectivity index (χ1n) is 6.23. The molecule has 1 aromatic rings. The van der Waals surface area contributed by atoms with Crippen LogP contribution in [0.1, 0.15) is 25.8 Å². The Morgan fingerprint density at radius 3 is 2.47 bits per heavy atom. The maximum absolute atomic E-state index is 11.8. The Morgan fingerprint density at radius 1 is 1.32 bits per heavy atom. The number of rotatable bonds is 7. The smallest absolute Gasteiger partial charge is 0.326 e. The molecule has 2 unspecified atom stereocenters. The van der Waals surface area contributed by atoms with E-state index in [0.29, 0.717) is 6.42 Å². The van der Waals surface area contributed by atoms with Crippen LogP contribution in [0.15, 0.2) is 30.3 Å². The zero-order valence-electron chi connectivity index (χ0n) is 11.1. The van der Waals surface area contributed by atoms with Crippen molar-refractivity contribution in [2.45, 2.75) is 37.3 Å². The Labute approximate surface area is 117 Å². The minimum atomic E-state index is -0.990. The summed E-state index contributed by atoms with van der Waals surface area (Å²) >= 11 is 1.50. The predicted molar refractivity (Wildman–Crippen MR) is 77.1 cm³/mol. The molecule has 0 aromatic heterocycles. The summed E-state index contributed by atoms with van der Waals surface area (Å²) in [6, 6.07) is 9.07. The average Bonchev–Trinajstić information content (AvgIpc) is 2.42. The number of aliphatic carboxylic acids is 1. The van der Waals surface area contributed by atoms with Crippen molar-refractivity contribution in [2.75, 3.05) is 0 Å². The zero-order chi connectivity index (χ0) is 14.3. The SMILES string of the molecule is CCC(NC(=O)C(C)SCc1ccccc1)C(=O)O. The highest BCUT2D eigenvalue weighted by atomic mass is 32.2. The molecule has 1 aromatic carbocycles. The van der Waals surface area contributed by atoms with Gasteiger partial charge in [-0.25, -0.2) is 4.79 Å². The summed E-state index contributed by atoms with van der Waals surface area (Å²) in [6.07, 6.45) is 0.386. The van der Waals surface area contributed by atoms with Crippen LogP contribution in [0.4, 0.5) is 0 Å². The normalized spacial score (nSPS) is 13.6. The molecule has 0 fully saturated rings. The number of carbonyl (C=O) groups is 2. The van der Waals surface area contributed by atoms with Gasteiger partial charge < -0.3 is 10.4 Å². The van der Waals surface area contributed by atoms with Crippen molar-refractivity contribution in [3.05, 3.63) is 35.9 Å². The van der Waals surface area contributed by atoms with E-state index in [-0.39, 0.29) is 11.2 Å². The van der Waals surface area contributed by atoms with Gasteiger partial charge in [0.25, 0.3) is 0 Å². The van der Waals surface area contributed by atoms with E-state index in [0.717, 1.165) is 11.3 Å². The fourth-order valence-corrected chi connectivity index (χ4v) is 2.35. The summed E-state index contributed by atoms with van der Waals surface area (Å²) in [5, 5.41) is 11.2. The lowest BCUT2D eigenvalue weighted by Crippen LogP contribution is -2.43. The van der Waals surface area contributed by atoms with Crippen LogP contribution in [0.3, 0.4) is 0 Å². The molecule has 0 aliphatic rings. The van der Waals surface area contributed by atoms with Crippen LogP contribution in [-0.4, -0.2) is 28.3 Å². The van der Waals surface area contributed by atoms with Crippen LogP contribution in [0.25, 0.3) is 0 Å². The Bertz CT molecular complexity index is 422. The van der Waals surface area contributed by atoms with E-state index in [1.54, 1.807) is 13.8 Å². The van der Waals surface area contributed by atoms with Crippen LogP contribution in [0.5, 0.6) is 0 Å². The molecule has 0 aliphatic heterocycles. The summed E-state index contributed by atoms with van der Waals surface area (Å²) in [6.45, 7) is 3.53. The zero-order valence-corrected chi connectivity index (χ0v) is 11.9. The van der Waals surface area contributed by atoms with Gasteiger partial charge in [-0.3, -0.25) is 4.79 Å². The molecule has 0 saturated carbocycles. The summed E-state index contributed by atoms with van der Waals surface area (Å²) in [7, 11) is 0. The van der Waals surface area contributed by atoms with Crippen LogP contribution < -0.4 is 5.32 Å². The van der Waals surface area contributed by atoms with Gasteiger partial charge in [0.15, 0.2) is 0 Å². The lowest BCUT2D eigenvalue weighted by atomic mass is 10.2. The largest absolute Gasteiger partial charge is 0.480 e. The standard InChI is InChI=1S/C14H19NO3S/c1-3-12(14(17)18)15-13(16)10(2)19-9-11-7-5-4-6-8-11/h4-8,10,12H,3,9H2,1-2H3,(H,15,16)(H,17,18). The van der Waals surface area contributed by atoms with Crippen LogP contribution in [-0.2, 0) is 15.3 Å². The van der Waals surface area contributed by atoms with E-state index < -0.39 is 12.0 Å². The third kappa shape index (κ3) is 5.34. The Kier molecular flexibility index (Phi) is 6.42. The molecular formula is C14H19NO3S. The monoisotopic (exact) mass is 281 g/mol. The van der Waals surface area contributed by atoms with Gasteiger partial charge in [-0.1, -0.05) is 37.3 Å². The molecule has 0 radical (unpaired) electrons. The van der Waals surface area contributed by atoms with Crippen molar-refractivity contribution in [3.63, 3.8) is 0 Å². The van der Waals surface area contributed by atoms with Crippen molar-refractivity contribution >= 4 is 23.6 Å². The number of thioether (sulfide) groups is 1. The van der Waals surface area contributed by atoms with Gasteiger partial charge in [-0.2, -0.15) is 0 Å². The second-order valence-corrected chi connectivity index (χ2v) is 5.58. The molecule has 2 N–H and O–H groups in total. The molecule has 0 aliphatic carbocycles. The van der Waals surface area contributed by atoms with E-state index in [1.807, 2.05) is 30.3 Å². The minimum Gasteiger partial charge on any atom is -0.480 e.